The Balaban J connectivity index is 2.44. The van der Waals surface area contributed by atoms with Crippen LogP contribution in [0, 0.1) is 5.21 Å². The minimum Gasteiger partial charge on any atom is -0.594 e. The number of ether oxygens (including phenoxy) is 1. The summed E-state index contributed by atoms with van der Waals surface area (Å²) in [5, 5.41) is 32.1. The first-order chi connectivity index (χ1) is 9.12. The molecule has 0 amide bonds. The van der Waals surface area contributed by atoms with E-state index in [4.69, 9.17) is 14.7 Å². The smallest absolute Gasteiger partial charge is 0.435 e. The largest absolute Gasteiger partial charge is 0.594 e. The molecule has 104 valence electrons. The third-order valence-corrected chi connectivity index (χ3v) is 2.56. The molecule has 2 rings (SSSR count). The lowest BCUT2D eigenvalue weighted by atomic mass is 10.3. The van der Waals surface area contributed by atoms with Crippen molar-refractivity contribution >= 4 is 0 Å². The zero-order valence-corrected chi connectivity index (χ0v) is 10.4. The van der Waals surface area contributed by atoms with E-state index in [0.717, 1.165) is 0 Å². The van der Waals surface area contributed by atoms with Gasteiger partial charge >= 0.3 is 6.03 Å². The van der Waals surface area contributed by atoms with Crippen LogP contribution < -0.4 is 15.6 Å². The third-order valence-electron chi connectivity index (χ3n) is 2.56. The van der Waals surface area contributed by atoms with E-state index in [1.54, 1.807) is 24.3 Å². The molecule has 1 atom stereocenters. The van der Waals surface area contributed by atoms with Crippen molar-refractivity contribution in [2.45, 2.75) is 12.5 Å². The van der Waals surface area contributed by atoms with Crippen molar-refractivity contribution < 1.29 is 19.8 Å². The van der Waals surface area contributed by atoms with E-state index in [1.807, 2.05) is 0 Å². The molecule has 0 spiro atoms. The van der Waals surface area contributed by atoms with Crippen LogP contribution in [0.5, 0.6) is 0 Å². The van der Waals surface area contributed by atoms with Crippen LogP contribution in [0.25, 0.3) is 0 Å². The average molecular weight is 269 g/mol. The third kappa shape index (κ3) is 2.51. The molecule has 1 aromatic rings. The van der Waals surface area contributed by atoms with Crippen molar-refractivity contribution in [2.75, 3.05) is 20.3 Å². The minimum absolute atomic E-state index is 0.0403. The Kier molecular flexibility index (Phi) is 3.96. The zero-order chi connectivity index (χ0) is 13.9. The van der Waals surface area contributed by atoms with Crippen molar-refractivity contribution in [3.8, 4) is 0 Å². The first-order valence-corrected chi connectivity index (χ1v) is 5.73. The molecule has 0 fully saturated rings. The summed E-state index contributed by atoms with van der Waals surface area (Å²) >= 11 is 0. The fraction of sp³-hybridized carbons (Fsp3) is 0.455. The number of methoxy groups -OCH3 is 1. The van der Waals surface area contributed by atoms with Gasteiger partial charge in [0, 0.05) is 25.0 Å². The van der Waals surface area contributed by atoms with E-state index in [-0.39, 0.29) is 18.6 Å². The van der Waals surface area contributed by atoms with Crippen LogP contribution in [0.4, 0.5) is 0 Å². The summed E-state index contributed by atoms with van der Waals surface area (Å²) in [5.41, 5.74) is 0. The van der Waals surface area contributed by atoms with E-state index in [0.29, 0.717) is 21.8 Å². The van der Waals surface area contributed by atoms with Crippen molar-refractivity contribution in [2.24, 2.45) is 4.99 Å². The maximum Gasteiger partial charge on any atom is 0.435 e. The maximum atomic E-state index is 12.1. The SMILES string of the molecule is COC1(O)N=c2ccccc2=[N+]([O-])N1OCCCO. The van der Waals surface area contributed by atoms with Gasteiger partial charge in [-0.15, -0.1) is 0 Å². The molecule has 0 saturated heterocycles. The predicted octanol–water partition coefficient (Wildman–Crippen LogP) is -1.91. The van der Waals surface area contributed by atoms with Crippen molar-refractivity contribution in [1.82, 2.24) is 10.0 Å². The predicted molar refractivity (Wildman–Crippen MR) is 63.3 cm³/mol. The van der Waals surface area contributed by atoms with E-state index >= 15 is 0 Å². The summed E-state index contributed by atoms with van der Waals surface area (Å²) in [7, 11) is 1.20. The Bertz CT molecular complexity index is 564. The van der Waals surface area contributed by atoms with Crippen LogP contribution >= 0.6 is 0 Å². The van der Waals surface area contributed by atoms with Gasteiger partial charge in [0.25, 0.3) is 5.36 Å². The molecule has 0 radical (unpaired) electrons. The minimum atomic E-state index is -2.23. The molecule has 1 aliphatic heterocycles. The lowest BCUT2D eigenvalue weighted by Gasteiger charge is -2.31. The van der Waals surface area contributed by atoms with E-state index < -0.39 is 6.03 Å². The Morgan fingerprint density at radius 1 is 1.47 bits per heavy atom. The van der Waals surface area contributed by atoms with Crippen LogP contribution in [0.1, 0.15) is 6.42 Å². The lowest BCUT2D eigenvalue weighted by Crippen LogP contribution is -2.63. The standard InChI is InChI=1S/C11H15N3O5/c1-18-11(16)12-9-5-2-3-6-10(9)13(17)14(11)19-8-4-7-15/h2-3,5-6,15-16H,4,7-8H2,1H3. The van der Waals surface area contributed by atoms with Gasteiger partial charge in [-0.25, -0.2) is 4.84 Å². The summed E-state index contributed by atoms with van der Waals surface area (Å²) < 4.78 is 4.83. The number of hydrogen-bond donors (Lipinski definition) is 2. The van der Waals surface area contributed by atoms with Gasteiger partial charge in [0.2, 0.25) is 0 Å². The van der Waals surface area contributed by atoms with Crippen LogP contribution in [-0.4, -0.2) is 41.7 Å². The second-order valence-electron chi connectivity index (χ2n) is 3.83. The van der Waals surface area contributed by atoms with E-state index in [1.165, 1.54) is 7.11 Å². The van der Waals surface area contributed by atoms with Crippen LogP contribution in [-0.2, 0) is 9.57 Å². The van der Waals surface area contributed by atoms with Gasteiger partial charge in [0.05, 0.1) is 6.61 Å². The second kappa shape index (κ2) is 5.49. The highest BCUT2D eigenvalue weighted by Crippen LogP contribution is 2.15. The van der Waals surface area contributed by atoms with Gasteiger partial charge in [-0.1, -0.05) is 12.1 Å². The molecule has 2 N–H and O–H groups in total. The lowest BCUT2D eigenvalue weighted by molar-refractivity contribution is -0.413. The van der Waals surface area contributed by atoms with Crippen LogP contribution in [0.3, 0.4) is 0 Å². The van der Waals surface area contributed by atoms with Crippen molar-refractivity contribution in [3.63, 3.8) is 0 Å². The van der Waals surface area contributed by atoms with Gasteiger partial charge in [0.1, 0.15) is 5.36 Å². The molecular formula is C11H15N3O5. The molecule has 0 bridgehead atoms. The van der Waals surface area contributed by atoms with Gasteiger partial charge in [-0.2, -0.15) is 4.99 Å². The van der Waals surface area contributed by atoms with Gasteiger partial charge < -0.3 is 20.2 Å². The Labute approximate surface area is 108 Å². The number of benzene rings is 1. The first-order valence-electron chi connectivity index (χ1n) is 5.73. The highest BCUT2D eigenvalue weighted by molar-refractivity contribution is 5.02. The summed E-state index contributed by atoms with van der Waals surface area (Å²) in [5.74, 6) is 0. The summed E-state index contributed by atoms with van der Waals surface area (Å²) in [4.78, 5) is 9.42. The van der Waals surface area contributed by atoms with Crippen molar-refractivity contribution in [1.29, 1.82) is 0 Å². The molecule has 8 heteroatoms. The molecule has 1 aromatic carbocycles. The highest BCUT2D eigenvalue weighted by Gasteiger charge is 2.45. The van der Waals surface area contributed by atoms with Crippen LogP contribution in [0.15, 0.2) is 29.3 Å². The molecule has 19 heavy (non-hydrogen) atoms. The monoisotopic (exact) mass is 269 g/mol. The van der Waals surface area contributed by atoms with Gasteiger partial charge in [0.15, 0.2) is 0 Å². The molecule has 0 aliphatic carbocycles. The van der Waals surface area contributed by atoms with Crippen LogP contribution in [0.2, 0.25) is 0 Å². The molecule has 0 aromatic heterocycles. The number of aliphatic hydroxyl groups excluding tert-OH is 1. The number of hydrazine groups is 1. The highest BCUT2D eigenvalue weighted by atomic mass is 16.8. The van der Waals surface area contributed by atoms with E-state index in [9.17, 15) is 10.3 Å². The number of para-hydroxylation sites is 2. The second-order valence-corrected chi connectivity index (χ2v) is 3.83. The summed E-state index contributed by atoms with van der Waals surface area (Å²) in [6, 6.07) is 4.25. The fourth-order valence-corrected chi connectivity index (χ4v) is 1.61. The quantitative estimate of drug-likeness (QED) is 0.280. The van der Waals surface area contributed by atoms with Crippen molar-refractivity contribution in [3.05, 3.63) is 40.2 Å². The molecule has 1 aliphatic rings. The van der Waals surface area contributed by atoms with Gasteiger partial charge in [-0.3, -0.25) is 0 Å². The Hall–Kier alpha value is -1.74. The number of nitrogens with zero attached hydrogens (tertiary/aromatic N) is 3. The van der Waals surface area contributed by atoms with E-state index in [2.05, 4.69) is 4.99 Å². The zero-order valence-electron chi connectivity index (χ0n) is 10.4. The number of hydrogen-bond acceptors (Lipinski definition) is 7. The maximum absolute atomic E-state index is 12.1. The number of hydroxylamine groups is 1. The summed E-state index contributed by atoms with van der Waals surface area (Å²) in [6.45, 7) is -0.0512. The fourth-order valence-electron chi connectivity index (χ4n) is 1.61. The molecule has 8 nitrogen and oxygen atoms in total. The number of aliphatic hydroxyl groups is 2. The molecule has 1 unspecified atom stereocenters. The van der Waals surface area contributed by atoms with Gasteiger partial charge in [-0.05, 0) is 17.3 Å². The Morgan fingerprint density at radius 3 is 2.89 bits per heavy atom. The first kappa shape index (κ1) is 13.7. The topological polar surface area (TPSA) is 101 Å². The molecule has 0 saturated carbocycles. The average Bonchev–Trinajstić information content (AvgIpc) is 2.42. The number of fused-ring (bicyclic) bond motifs is 1. The Morgan fingerprint density at radius 2 is 2.21 bits per heavy atom. The number of rotatable bonds is 5. The normalized spacial score (nSPS) is 22.1. The summed E-state index contributed by atoms with van der Waals surface area (Å²) in [6.07, 6.45) is 0.311. The molecular weight excluding hydrogens is 254 g/mol. The molecule has 1 heterocycles.